The zero-order chi connectivity index (χ0) is 29.1. The maximum absolute atomic E-state index is 14.0. The van der Waals surface area contributed by atoms with Gasteiger partial charge in [0.25, 0.3) is 10.0 Å². The van der Waals surface area contributed by atoms with E-state index in [1.165, 1.54) is 37.5 Å². The van der Waals surface area contributed by atoms with Crippen LogP contribution in [-0.4, -0.2) is 32.3 Å². The van der Waals surface area contributed by atoms with Crippen LogP contribution in [0.3, 0.4) is 0 Å². The molecule has 1 aliphatic rings. The van der Waals surface area contributed by atoms with Gasteiger partial charge in [0.1, 0.15) is 12.1 Å². The van der Waals surface area contributed by atoms with Crippen LogP contribution in [0.25, 0.3) is 10.8 Å². The van der Waals surface area contributed by atoms with Crippen molar-refractivity contribution in [3.63, 3.8) is 0 Å². The van der Waals surface area contributed by atoms with E-state index in [1.807, 2.05) is 0 Å². The molecule has 0 spiro atoms. The first kappa shape index (κ1) is 30.4. The average Bonchev–Trinajstić information content (AvgIpc) is 2.89. The molecule has 0 aliphatic heterocycles. The Morgan fingerprint density at radius 1 is 0.925 bits per heavy atom. The van der Waals surface area contributed by atoms with Crippen molar-refractivity contribution < 1.29 is 22.7 Å². The van der Waals surface area contributed by atoms with Crippen LogP contribution in [0, 0.1) is 5.92 Å². The number of Topliss-reactive ketones (excluding diaryl/α,β-unsaturated/α-hetero) is 1. The van der Waals surface area contributed by atoms with Gasteiger partial charge in [-0.15, -0.1) is 0 Å². The molecule has 0 amide bonds. The summed E-state index contributed by atoms with van der Waals surface area (Å²) in [7, 11) is -4.32. The molecule has 1 saturated carbocycles. The van der Waals surface area contributed by atoms with Crippen molar-refractivity contribution in [2.75, 3.05) is 10.8 Å². The average molecular weight is 605 g/mol. The summed E-state index contributed by atoms with van der Waals surface area (Å²) in [5, 5.41) is 1.45. The number of esters is 1. The number of nitrogens with zero attached hydrogens (tertiary/aromatic N) is 1. The van der Waals surface area contributed by atoms with Gasteiger partial charge in [-0.2, -0.15) is 0 Å². The Morgan fingerprint density at radius 2 is 1.55 bits per heavy atom. The monoisotopic (exact) mass is 603 g/mol. The minimum atomic E-state index is -4.32. The van der Waals surface area contributed by atoms with Crippen LogP contribution >= 0.6 is 23.2 Å². The number of fused-ring (bicyclic) bond motifs is 1. The van der Waals surface area contributed by atoms with Gasteiger partial charge in [0.2, 0.25) is 0 Å². The summed E-state index contributed by atoms with van der Waals surface area (Å²) in [6.07, 6.45) is 7.32. The molecule has 0 heterocycles. The first-order chi connectivity index (χ1) is 18.8. The van der Waals surface area contributed by atoms with Crippen molar-refractivity contribution in [1.29, 1.82) is 0 Å². The molecule has 40 heavy (non-hydrogen) atoms. The van der Waals surface area contributed by atoms with E-state index in [-0.39, 0.29) is 26.4 Å². The van der Waals surface area contributed by atoms with E-state index < -0.39 is 28.1 Å². The molecule has 0 aromatic heterocycles. The second-order valence-electron chi connectivity index (χ2n) is 11.3. The molecule has 4 rings (SSSR count). The highest BCUT2D eigenvalue weighted by molar-refractivity contribution is 7.93. The van der Waals surface area contributed by atoms with Crippen molar-refractivity contribution in [1.82, 2.24) is 0 Å². The second-order valence-corrected chi connectivity index (χ2v) is 14.1. The summed E-state index contributed by atoms with van der Waals surface area (Å²) in [6.45, 7) is 4.56. The van der Waals surface area contributed by atoms with Gasteiger partial charge in [-0.25, -0.2) is 8.42 Å². The van der Waals surface area contributed by atoms with Crippen LogP contribution in [0.1, 0.15) is 76.1 Å². The van der Waals surface area contributed by atoms with Crippen molar-refractivity contribution in [3.05, 3.63) is 70.2 Å². The lowest BCUT2D eigenvalue weighted by Gasteiger charge is -2.27. The summed E-state index contributed by atoms with van der Waals surface area (Å²) in [4.78, 5) is 26.2. The van der Waals surface area contributed by atoms with Gasteiger partial charge >= 0.3 is 5.97 Å². The van der Waals surface area contributed by atoms with Crippen LogP contribution in [0.4, 0.5) is 5.69 Å². The number of ether oxygens (including phenoxy) is 1. The number of carbonyl (C=O) groups is 2. The topological polar surface area (TPSA) is 80.8 Å². The number of ketones is 1. The fourth-order valence-electron chi connectivity index (χ4n) is 5.30. The summed E-state index contributed by atoms with van der Waals surface area (Å²) in [6, 6.07) is 14.4. The quantitative estimate of drug-likeness (QED) is 0.182. The second kappa shape index (κ2) is 12.5. The van der Waals surface area contributed by atoms with Crippen molar-refractivity contribution in [2.45, 2.75) is 76.2 Å². The third kappa shape index (κ3) is 7.36. The minimum absolute atomic E-state index is 0.0245. The van der Waals surface area contributed by atoms with E-state index in [1.54, 1.807) is 57.2 Å². The van der Waals surface area contributed by atoms with E-state index in [0.717, 1.165) is 23.6 Å². The van der Waals surface area contributed by atoms with E-state index >= 15 is 0 Å². The van der Waals surface area contributed by atoms with Gasteiger partial charge < -0.3 is 4.74 Å². The SMILES string of the molecule is CC(C)(C)OC(=O)CN(c1cccc2c(C(=O)CCC3CCCCC3)cccc12)S(=O)(=O)c1cc(Cl)cc(Cl)c1. The highest BCUT2D eigenvalue weighted by Crippen LogP contribution is 2.35. The predicted octanol–water partition coefficient (Wildman–Crippen LogP) is 8.23. The van der Waals surface area contributed by atoms with Gasteiger partial charge in [-0.05, 0) is 62.8 Å². The Balaban J connectivity index is 1.77. The highest BCUT2D eigenvalue weighted by atomic mass is 35.5. The van der Waals surface area contributed by atoms with Crippen LogP contribution in [0.5, 0.6) is 0 Å². The summed E-state index contributed by atoms with van der Waals surface area (Å²) in [5.74, 6) is -0.125. The first-order valence-electron chi connectivity index (χ1n) is 13.6. The van der Waals surface area contributed by atoms with Gasteiger partial charge in [0.05, 0.1) is 10.6 Å². The molecule has 0 bridgehead atoms. The Bertz CT molecular complexity index is 1490. The summed E-state index contributed by atoms with van der Waals surface area (Å²) < 4.78 is 34.5. The zero-order valence-electron chi connectivity index (χ0n) is 23.1. The lowest BCUT2D eigenvalue weighted by molar-refractivity contribution is -0.152. The van der Waals surface area contributed by atoms with Crippen molar-refractivity contribution in [3.8, 4) is 0 Å². The number of benzene rings is 3. The molecule has 1 aliphatic carbocycles. The number of rotatable bonds is 9. The Morgan fingerprint density at radius 3 is 2.20 bits per heavy atom. The number of hydrogen-bond acceptors (Lipinski definition) is 5. The first-order valence-corrected chi connectivity index (χ1v) is 15.8. The molecular formula is C31H35Cl2NO5S. The molecule has 0 saturated heterocycles. The summed E-state index contributed by atoms with van der Waals surface area (Å²) in [5.41, 5.74) is -0.0281. The van der Waals surface area contributed by atoms with Gasteiger partial charge in [0.15, 0.2) is 5.78 Å². The molecule has 214 valence electrons. The van der Waals surface area contributed by atoms with Crippen LogP contribution in [0.15, 0.2) is 59.5 Å². The van der Waals surface area contributed by atoms with Crippen LogP contribution < -0.4 is 4.31 Å². The maximum Gasteiger partial charge on any atom is 0.327 e. The zero-order valence-corrected chi connectivity index (χ0v) is 25.4. The Kier molecular flexibility index (Phi) is 9.48. The number of hydrogen-bond donors (Lipinski definition) is 0. The molecule has 0 unspecified atom stereocenters. The van der Waals surface area contributed by atoms with E-state index in [9.17, 15) is 18.0 Å². The Hall–Kier alpha value is -2.61. The highest BCUT2D eigenvalue weighted by Gasteiger charge is 2.31. The number of carbonyl (C=O) groups excluding carboxylic acids is 2. The van der Waals surface area contributed by atoms with Crippen LogP contribution in [-0.2, 0) is 19.6 Å². The van der Waals surface area contributed by atoms with Gasteiger partial charge in [-0.1, -0.05) is 85.6 Å². The van der Waals surface area contributed by atoms with Gasteiger partial charge in [0, 0.05) is 27.4 Å². The lowest BCUT2D eigenvalue weighted by atomic mass is 9.85. The Labute approximate surface area is 246 Å². The van der Waals surface area contributed by atoms with Crippen molar-refractivity contribution in [2.24, 2.45) is 5.92 Å². The largest absolute Gasteiger partial charge is 0.459 e. The molecule has 6 nitrogen and oxygen atoms in total. The standard InChI is InChI=1S/C31H35Cl2NO5S/c1-31(2,3)39-30(36)20-34(40(37,38)24-18-22(32)17-23(33)19-24)28-14-8-11-25-26(28)12-7-13-27(25)29(35)16-15-21-9-5-4-6-10-21/h7-8,11-14,17-19,21H,4-6,9-10,15-16,20H2,1-3H3. The number of anilines is 1. The fraction of sp³-hybridized carbons (Fsp3) is 0.419. The fourth-order valence-corrected chi connectivity index (χ4v) is 7.45. The normalized spacial score (nSPS) is 14.7. The molecule has 0 atom stereocenters. The van der Waals surface area contributed by atoms with E-state index in [2.05, 4.69) is 0 Å². The number of halogens is 2. The van der Waals surface area contributed by atoms with Crippen molar-refractivity contribution >= 4 is 61.4 Å². The molecule has 1 fully saturated rings. The summed E-state index contributed by atoms with van der Waals surface area (Å²) >= 11 is 12.3. The van der Waals surface area contributed by atoms with E-state index in [4.69, 9.17) is 27.9 Å². The third-order valence-corrected chi connectivity index (χ3v) is 9.26. The lowest BCUT2D eigenvalue weighted by Crippen LogP contribution is -2.39. The molecule has 9 heteroatoms. The maximum atomic E-state index is 14.0. The molecule has 3 aromatic carbocycles. The number of sulfonamides is 1. The molecular weight excluding hydrogens is 569 g/mol. The third-order valence-electron chi connectivity index (χ3n) is 7.09. The smallest absolute Gasteiger partial charge is 0.327 e. The van der Waals surface area contributed by atoms with Crippen LogP contribution in [0.2, 0.25) is 10.0 Å². The molecule has 3 aromatic rings. The minimum Gasteiger partial charge on any atom is -0.459 e. The van der Waals surface area contributed by atoms with E-state index in [0.29, 0.717) is 28.7 Å². The van der Waals surface area contributed by atoms with Gasteiger partial charge in [-0.3, -0.25) is 13.9 Å². The predicted molar refractivity (Wildman–Crippen MR) is 161 cm³/mol. The molecule has 0 N–H and O–H groups in total. The molecule has 0 radical (unpaired) electrons.